The molecule has 0 spiro atoms. The fraction of sp³-hybridized carbons (Fsp3) is 0.571. The lowest BCUT2D eigenvalue weighted by Crippen LogP contribution is -2.34. The fourth-order valence-corrected chi connectivity index (χ4v) is 4.23. The summed E-state index contributed by atoms with van der Waals surface area (Å²) in [5.74, 6) is 0.721. The van der Waals surface area contributed by atoms with E-state index >= 15 is 0 Å². The molecule has 6 heteroatoms. The van der Waals surface area contributed by atoms with Crippen molar-refractivity contribution in [3.63, 3.8) is 0 Å². The van der Waals surface area contributed by atoms with Crippen LogP contribution in [0.15, 0.2) is 17.0 Å². The quantitative estimate of drug-likeness (QED) is 0.914. The standard InChI is InChI=1S/C14H22N2O3S/c1-11-10-14(12(2)9-13(11)19-3)20(17,18)16-7-4-5-15-6-8-16/h9-10,15H,4-8H2,1-3H3. The summed E-state index contributed by atoms with van der Waals surface area (Å²) in [5.41, 5.74) is 1.56. The molecule has 2 rings (SSSR count). The van der Waals surface area contributed by atoms with Crippen molar-refractivity contribution in [1.82, 2.24) is 9.62 Å². The van der Waals surface area contributed by atoms with Gasteiger partial charge in [0, 0.05) is 19.6 Å². The summed E-state index contributed by atoms with van der Waals surface area (Å²) >= 11 is 0. The van der Waals surface area contributed by atoms with Gasteiger partial charge in [0.25, 0.3) is 0 Å². The predicted molar refractivity (Wildman–Crippen MR) is 78.7 cm³/mol. The second-order valence-corrected chi connectivity index (χ2v) is 7.00. The van der Waals surface area contributed by atoms with Gasteiger partial charge in [0.15, 0.2) is 0 Å². The minimum Gasteiger partial charge on any atom is -0.496 e. The third kappa shape index (κ3) is 2.97. The van der Waals surface area contributed by atoms with E-state index in [0.29, 0.717) is 24.5 Å². The van der Waals surface area contributed by atoms with Crippen LogP contribution in [0.1, 0.15) is 17.5 Å². The lowest BCUT2D eigenvalue weighted by atomic mass is 10.1. The number of methoxy groups -OCH3 is 1. The number of hydrogen-bond donors (Lipinski definition) is 1. The van der Waals surface area contributed by atoms with Crippen molar-refractivity contribution in [1.29, 1.82) is 0 Å². The van der Waals surface area contributed by atoms with Gasteiger partial charge in [0.05, 0.1) is 12.0 Å². The van der Waals surface area contributed by atoms with Gasteiger partial charge in [-0.1, -0.05) is 0 Å². The van der Waals surface area contributed by atoms with Crippen LogP contribution in [-0.4, -0.2) is 46.0 Å². The number of rotatable bonds is 3. The zero-order chi connectivity index (χ0) is 14.8. The van der Waals surface area contributed by atoms with E-state index in [1.807, 2.05) is 13.8 Å². The molecule has 0 saturated carbocycles. The summed E-state index contributed by atoms with van der Waals surface area (Å²) < 4.78 is 32.4. The molecule has 112 valence electrons. The van der Waals surface area contributed by atoms with Crippen LogP contribution in [0.5, 0.6) is 5.75 Å². The van der Waals surface area contributed by atoms with Crippen molar-refractivity contribution in [2.24, 2.45) is 0 Å². The predicted octanol–water partition coefficient (Wildman–Crippen LogP) is 1.30. The molecule has 1 aromatic carbocycles. The van der Waals surface area contributed by atoms with E-state index in [0.717, 1.165) is 29.8 Å². The van der Waals surface area contributed by atoms with E-state index in [1.54, 1.807) is 23.5 Å². The molecule has 0 aromatic heterocycles. The maximum Gasteiger partial charge on any atom is 0.243 e. The van der Waals surface area contributed by atoms with Crippen LogP contribution in [0.25, 0.3) is 0 Å². The molecule has 1 aromatic rings. The normalized spacial score (nSPS) is 17.8. The fourth-order valence-electron chi connectivity index (χ4n) is 2.46. The number of benzene rings is 1. The van der Waals surface area contributed by atoms with Crippen LogP contribution in [0.4, 0.5) is 0 Å². The molecule has 20 heavy (non-hydrogen) atoms. The first kappa shape index (κ1) is 15.3. The Hall–Kier alpha value is -1.11. The number of aryl methyl sites for hydroxylation is 2. The SMILES string of the molecule is COc1cc(C)c(S(=O)(=O)N2CCCNCC2)cc1C. The highest BCUT2D eigenvalue weighted by atomic mass is 32.2. The highest BCUT2D eigenvalue weighted by Gasteiger charge is 2.27. The van der Waals surface area contributed by atoms with Gasteiger partial charge >= 0.3 is 0 Å². The third-order valence-electron chi connectivity index (χ3n) is 3.61. The summed E-state index contributed by atoms with van der Waals surface area (Å²) in [4.78, 5) is 0.387. The molecular formula is C14H22N2O3S. The van der Waals surface area contributed by atoms with Crippen molar-refractivity contribution in [2.45, 2.75) is 25.2 Å². The van der Waals surface area contributed by atoms with E-state index in [4.69, 9.17) is 4.74 Å². The zero-order valence-corrected chi connectivity index (χ0v) is 13.1. The van der Waals surface area contributed by atoms with E-state index in [9.17, 15) is 8.42 Å². The van der Waals surface area contributed by atoms with Crippen LogP contribution >= 0.6 is 0 Å². The molecule has 0 unspecified atom stereocenters. The summed E-state index contributed by atoms with van der Waals surface area (Å²) in [7, 11) is -1.83. The van der Waals surface area contributed by atoms with E-state index in [-0.39, 0.29) is 0 Å². The van der Waals surface area contributed by atoms with Crippen LogP contribution < -0.4 is 10.1 Å². The second kappa shape index (κ2) is 6.11. The number of sulfonamides is 1. The van der Waals surface area contributed by atoms with Crippen molar-refractivity contribution in [3.8, 4) is 5.75 Å². The zero-order valence-electron chi connectivity index (χ0n) is 12.3. The van der Waals surface area contributed by atoms with Crippen molar-refractivity contribution in [3.05, 3.63) is 23.3 Å². The highest BCUT2D eigenvalue weighted by molar-refractivity contribution is 7.89. The van der Waals surface area contributed by atoms with Gasteiger partial charge in [-0.05, 0) is 50.1 Å². The Morgan fingerprint density at radius 3 is 2.60 bits per heavy atom. The van der Waals surface area contributed by atoms with E-state index in [2.05, 4.69) is 5.32 Å². The minimum atomic E-state index is -3.43. The van der Waals surface area contributed by atoms with Gasteiger partial charge < -0.3 is 10.1 Å². The molecule has 1 fully saturated rings. The van der Waals surface area contributed by atoms with Crippen LogP contribution in [-0.2, 0) is 10.0 Å². The minimum absolute atomic E-state index is 0.387. The molecule has 1 N–H and O–H groups in total. The van der Waals surface area contributed by atoms with Gasteiger partial charge in [-0.3, -0.25) is 0 Å². The van der Waals surface area contributed by atoms with Gasteiger partial charge in [-0.25, -0.2) is 8.42 Å². The van der Waals surface area contributed by atoms with Crippen molar-refractivity contribution >= 4 is 10.0 Å². The van der Waals surface area contributed by atoms with Crippen LogP contribution in [0.2, 0.25) is 0 Å². The highest BCUT2D eigenvalue weighted by Crippen LogP contribution is 2.27. The monoisotopic (exact) mass is 298 g/mol. The molecule has 1 heterocycles. The van der Waals surface area contributed by atoms with Crippen LogP contribution in [0, 0.1) is 13.8 Å². The number of hydrogen-bond acceptors (Lipinski definition) is 4. The molecule has 0 amide bonds. The van der Waals surface area contributed by atoms with Crippen molar-refractivity contribution < 1.29 is 13.2 Å². The maximum atomic E-state index is 12.8. The average Bonchev–Trinajstić information content (AvgIpc) is 2.70. The number of nitrogens with one attached hydrogen (secondary N) is 1. The molecular weight excluding hydrogens is 276 g/mol. The summed E-state index contributed by atoms with van der Waals surface area (Å²) in [5, 5.41) is 3.22. The summed E-state index contributed by atoms with van der Waals surface area (Å²) in [6.45, 7) is 6.33. The van der Waals surface area contributed by atoms with Gasteiger partial charge in [-0.15, -0.1) is 0 Å². The van der Waals surface area contributed by atoms with E-state index in [1.165, 1.54) is 0 Å². The first-order valence-corrected chi connectivity index (χ1v) is 8.27. The van der Waals surface area contributed by atoms with Crippen LogP contribution in [0.3, 0.4) is 0 Å². The molecule has 1 saturated heterocycles. The molecule has 5 nitrogen and oxygen atoms in total. The Labute approximate surface area is 121 Å². The number of nitrogens with zero attached hydrogens (tertiary/aromatic N) is 1. The maximum absolute atomic E-state index is 12.8. The first-order valence-electron chi connectivity index (χ1n) is 6.83. The third-order valence-corrected chi connectivity index (χ3v) is 5.65. The van der Waals surface area contributed by atoms with Gasteiger partial charge in [0.1, 0.15) is 5.75 Å². The Balaban J connectivity index is 2.40. The topological polar surface area (TPSA) is 58.6 Å². The van der Waals surface area contributed by atoms with Gasteiger partial charge in [-0.2, -0.15) is 4.31 Å². The average molecular weight is 298 g/mol. The molecule has 0 radical (unpaired) electrons. The smallest absolute Gasteiger partial charge is 0.243 e. The first-order chi connectivity index (χ1) is 9.46. The Morgan fingerprint density at radius 2 is 1.90 bits per heavy atom. The Bertz CT molecular complexity index is 576. The molecule has 0 aliphatic carbocycles. The van der Waals surface area contributed by atoms with E-state index < -0.39 is 10.0 Å². The van der Waals surface area contributed by atoms with Crippen molar-refractivity contribution in [2.75, 3.05) is 33.3 Å². The lowest BCUT2D eigenvalue weighted by molar-refractivity contribution is 0.410. The largest absolute Gasteiger partial charge is 0.496 e. The molecule has 1 aliphatic rings. The summed E-state index contributed by atoms with van der Waals surface area (Å²) in [6, 6.07) is 3.50. The second-order valence-electron chi connectivity index (χ2n) is 5.09. The number of ether oxygens (including phenoxy) is 1. The Morgan fingerprint density at radius 1 is 1.15 bits per heavy atom. The summed E-state index contributed by atoms with van der Waals surface area (Å²) in [6.07, 6.45) is 0.841. The molecule has 1 aliphatic heterocycles. The molecule has 0 atom stereocenters. The van der Waals surface area contributed by atoms with Gasteiger partial charge in [0.2, 0.25) is 10.0 Å². The molecule has 0 bridgehead atoms. The Kier molecular flexibility index (Phi) is 4.67. The lowest BCUT2D eigenvalue weighted by Gasteiger charge is -2.21.